The SMILES string of the molecule is C[n+]1c2ccc(F)cc2c(-c2ccccc2)c2cc(F)ccc21.[O-][Cl+3]([O-])([O-])[O-]. The molecule has 0 amide bonds. The molecule has 1 aromatic heterocycles. The van der Waals surface area contributed by atoms with Crippen molar-refractivity contribution in [2.45, 2.75) is 0 Å². The van der Waals surface area contributed by atoms with E-state index in [4.69, 9.17) is 18.6 Å². The molecule has 3 aromatic carbocycles. The predicted octanol–water partition coefficient (Wildman–Crippen LogP) is 0.00670. The van der Waals surface area contributed by atoms with Crippen LogP contribution in [-0.4, -0.2) is 0 Å². The molecule has 0 spiro atoms. The second kappa shape index (κ2) is 7.75. The van der Waals surface area contributed by atoms with Crippen molar-refractivity contribution in [1.29, 1.82) is 0 Å². The maximum atomic E-state index is 13.9. The van der Waals surface area contributed by atoms with Crippen molar-refractivity contribution in [3.05, 3.63) is 78.4 Å². The molecule has 28 heavy (non-hydrogen) atoms. The Bertz CT molecular complexity index is 1080. The number of pyridine rings is 1. The van der Waals surface area contributed by atoms with Crippen LogP contribution in [0.4, 0.5) is 8.78 Å². The van der Waals surface area contributed by atoms with Crippen LogP contribution < -0.4 is 23.2 Å². The lowest BCUT2D eigenvalue weighted by Crippen LogP contribution is -2.68. The third kappa shape index (κ3) is 4.41. The summed E-state index contributed by atoms with van der Waals surface area (Å²) in [4.78, 5) is 0. The van der Waals surface area contributed by atoms with Crippen molar-refractivity contribution in [2.75, 3.05) is 0 Å². The van der Waals surface area contributed by atoms with E-state index in [-0.39, 0.29) is 11.6 Å². The number of fused-ring (bicyclic) bond motifs is 2. The first-order chi connectivity index (χ1) is 13.1. The largest absolute Gasteiger partial charge is 0.222 e. The van der Waals surface area contributed by atoms with Gasteiger partial charge in [-0.25, -0.2) is 27.4 Å². The molecule has 4 aromatic rings. The molecule has 4 rings (SSSR count). The van der Waals surface area contributed by atoms with Gasteiger partial charge in [0.25, 0.3) is 0 Å². The maximum absolute atomic E-state index is 13.9. The van der Waals surface area contributed by atoms with Crippen LogP contribution in [0.3, 0.4) is 0 Å². The molecule has 0 atom stereocenters. The Balaban J connectivity index is 0.000000403. The summed E-state index contributed by atoms with van der Waals surface area (Å²) in [6, 6.07) is 19.2. The molecule has 0 aliphatic heterocycles. The molecule has 0 unspecified atom stereocenters. The first-order valence-electron chi connectivity index (χ1n) is 8.03. The summed E-state index contributed by atoms with van der Waals surface area (Å²) in [5, 5.41) is 1.55. The lowest BCUT2D eigenvalue weighted by Gasteiger charge is -2.17. The number of aromatic nitrogens is 1. The molecule has 0 saturated heterocycles. The fourth-order valence-corrected chi connectivity index (χ4v) is 3.19. The second-order valence-corrected chi connectivity index (χ2v) is 6.76. The Morgan fingerprint density at radius 1 is 0.714 bits per heavy atom. The van der Waals surface area contributed by atoms with Gasteiger partial charge in [-0.1, -0.05) is 30.3 Å². The van der Waals surface area contributed by atoms with Crippen LogP contribution in [0.25, 0.3) is 32.9 Å². The number of nitrogens with zero attached hydrogens (tertiary/aromatic N) is 1. The minimum absolute atomic E-state index is 0.301. The first kappa shape index (κ1) is 20.1. The summed E-state index contributed by atoms with van der Waals surface area (Å²) in [5.74, 6) is -0.601. The van der Waals surface area contributed by atoms with Crippen LogP contribution in [0.2, 0.25) is 0 Å². The van der Waals surface area contributed by atoms with Gasteiger partial charge in [-0.3, -0.25) is 0 Å². The highest BCUT2D eigenvalue weighted by atomic mass is 35.7. The van der Waals surface area contributed by atoms with Crippen LogP contribution in [0.5, 0.6) is 0 Å². The van der Waals surface area contributed by atoms with Crippen LogP contribution in [0.15, 0.2) is 66.7 Å². The average Bonchev–Trinajstić information content (AvgIpc) is 2.61. The van der Waals surface area contributed by atoms with Gasteiger partial charge >= 0.3 is 0 Å². The third-order valence-electron chi connectivity index (χ3n) is 4.24. The lowest BCUT2D eigenvalue weighted by atomic mass is 9.95. The van der Waals surface area contributed by atoms with E-state index in [9.17, 15) is 8.78 Å². The molecule has 0 aliphatic rings. The highest BCUT2D eigenvalue weighted by Crippen LogP contribution is 2.34. The third-order valence-corrected chi connectivity index (χ3v) is 4.24. The Labute approximate surface area is 161 Å². The normalized spacial score (nSPS) is 11.4. The van der Waals surface area contributed by atoms with E-state index in [1.165, 1.54) is 24.3 Å². The molecule has 8 heteroatoms. The highest BCUT2D eigenvalue weighted by Gasteiger charge is 2.20. The maximum Gasteiger partial charge on any atom is 0.213 e. The number of rotatable bonds is 1. The number of hydrogen-bond donors (Lipinski definition) is 0. The first-order valence-corrected chi connectivity index (χ1v) is 9.26. The van der Waals surface area contributed by atoms with Gasteiger partial charge in [-0.15, -0.1) is 10.2 Å². The van der Waals surface area contributed by atoms with Crippen molar-refractivity contribution >= 4 is 21.8 Å². The lowest BCUT2D eigenvalue weighted by molar-refractivity contribution is -2.00. The molecule has 0 aliphatic carbocycles. The van der Waals surface area contributed by atoms with E-state index in [0.717, 1.165) is 32.9 Å². The van der Waals surface area contributed by atoms with Gasteiger partial charge < -0.3 is 0 Å². The molecule has 144 valence electrons. The molecule has 1 heterocycles. The number of hydrogen-bond acceptors (Lipinski definition) is 4. The van der Waals surface area contributed by atoms with Crippen LogP contribution in [0, 0.1) is 21.9 Å². The summed E-state index contributed by atoms with van der Waals surface area (Å²) < 4.78 is 63.7. The van der Waals surface area contributed by atoms with Crippen molar-refractivity contribution in [2.24, 2.45) is 7.05 Å². The summed E-state index contributed by atoms with van der Waals surface area (Å²) in [6.45, 7) is 0. The van der Waals surface area contributed by atoms with E-state index in [0.29, 0.717) is 0 Å². The van der Waals surface area contributed by atoms with Crippen molar-refractivity contribution in [3.63, 3.8) is 0 Å². The molecule has 0 fully saturated rings. The molecule has 0 bridgehead atoms. The minimum atomic E-state index is -4.94. The van der Waals surface area contributed by atoms with Crippen molar-refractivity contribution in [1.82, 2.24) is 0 Å². The summed E-state index contributed by atoms with van der Waals surface area (Å²) >= 11 is 0. The smallest absolute Gasteiger partial charge is 0.213 e. The Hall–Kier alpha value is -2.68. The van der Waals surface area contributed by atoms with Crippen LogP contribution >= 0.6 is 0 Å². The number of benzene rings is 3. The monoisotopic (exact) mass is 405 g/mol. The molecule has 0 N–H and O–H groups in total. The van der Waals surface area contributed by atoms with Gasteiger partial charge in [0.1, 0.15) is 18.7 Å². The van der Waals surface area contributed by atoms with Gasteiger partial charge in [0, 0.05) is 17.7 Å². The topological polar surface area (TPSA) is 96.1 Å². The second-order valence-electron chi connectivity index (χ2n) is 6.00. The van der Waals surface area contributed by atoms with Gasteiger partial charge in [-0.05, 0) is 29.8 Å². The number of halogens is 3. The standard InChI is InChI=1S/C20H14F2N.ClHO4/c1-23-18-9-7-14(21)11-16(18)20(13-5-3-2-4-6-13)17-12-15(22)8-10-19(17)23;2-1(3,4)5/h2-12H,1H3;(H,2,3,4,5)/q+1;/p-1. The zero-order valence-electron chi connectivity index (χ0n) is 14.6. The quantitative estimate of drug-likeness (QED) is 0.329. The zero-order valence-corrected chi connectivity index (χ0v) is 15.3. The van der Waals surface area contributed by atoms with E-state index in [1.807, 2.05) is 41.9 Å². The fourth-order valence-electron chi connectivity index (χ4n) is 3.19. The molecular formula is C20H14ClF2NO4. The predicted molar refractivity (Wildman–Crippen MR) is 88.0 cm³/mol. The minimum Gasteiger partial charge on any atom is -0.222 e. The zero-order chi connectivity index (χ0) is 20.5. The van der Waals surface area contributed by atoms with E-state index < -0.39 is 10.2 Å². The molecule has 0 saturated carbocycles. The summed E-state index contributed by atoms with van der Waals surface area (Å²) in [6.07, 6.45) is 0. The Morgan fingerprint density at radius 2 is 1.14 bits per heavy atom. The number of aryl methyl sites for hydroxylation is 1. The van der Waals surface area contributed by atoms with E-state index >= 15 is 0 Å². The van der Waals surface area contributed by atoms with Gasteiger partial charge in [0.2, 0.25) is 11.0 Å². The van der Waals surface area contributed by atoms with Crippen LogP contribution in [-0.2, 0) is 7.05 Å². The van der Waals surface area contributed by atoms with Crippen molar-refractivity contribution in [3.8, 4) is 11.1 Å². The molecule has 0 radical (unpaired) electrons. The van der Waals surface area contributed by atoms with Crippen LogP contribution in [0.1, 0.15) is 0 Å². The van der Waals surface area contributed by atoms with Gasteiger partial charge in [0.15, 0.2) is 0 Å². The molecular weight excluding hydrogens is 392 g/mol. The fraction of sp³-hybridized carbons (Fsp3) is 0.0500. The Kier molecular flexibility index (Phi) is 5.55. The van der Waals surface area contributed by atoms with Gasteiger partial charge in [0.05, 0.1) is 10.8 Å². The van der Waals surface area contributed by atoms with Crippen molar-refractivity contribution < 1.29 is 42.2 Å². The Morgan fingerprint density at radius 3 is 1.57 bits per heavy atom. The van der Waals surface area contributed by atoms with E-state index in [2.05, 4.69) is 0 Å². The summed E-state index contributed by atoms with van der Waals surface area (Å²) in [5.41, 5.74) is 3.61. The molecule has 5 nitrogen and oxygen atoms in total. The summed E-state index contributed by atoms with van der Waals surface area (Å²) in [7, 11) is -3.03. The van der Waals surface area contributed by atoms with E-state index in [1.54, 1.807) is 12.1 Å². The van der Waals surface area contributed by atoms with Gasteiger partial charge in [-0.2, -0.15) is 4.57 Å². The highest BCUT2D eigenvalue weighted by molar-refractivity contribution is 6.07. The average molecular weight is 406 g/mol.